The van der Waals surface area contributed by atoms with Crippen LogP contribution in [-0.2, 0) is 30.6 Å². The van der Waals surface area contributed by atoms with Gasteiger partial charge < -0.3 is 4.90 Å². The van der Waals surface area contributed by atoms with Crippen LogP contribution in [0.4, 0.5) is 0 Å². The molecule has 3 aromatic rings. The third kappa shape index (κ3) is 4.58. The molecular formula is C25H24N2O3. The van der Waals surface area contributed by atoms with Crippen LogP contribution in [0.2, 0.25) is 0 Å². The van der Waals surface area contributed by atoms with Crippen molar-refractivity contribution in [3.05, 3.63) is 106 Å². The lowest BCUT2D eigenvalue weighted by Gasteiger charge is -2.29. The first-order valence-corrected chi connectivity index (χ1v) is 10.1. The van der Waals surface area contributed by atoms with Gasteiger partial charge in [0.2, 0.25) is 5.91 Å². The summed E-state index contributed by atoms with van der Waals surface area (Å²) in [4.78, 5) is 26.2. The standard InChI is InChI=1S/C25H24N2O3/c28-24(15-20-8-6-19(7-9-20)14-18-4-2-1-3-5-18)27-13-12-21-16-22(25(29)26-30)10-11-23(21)17-27/h1-11,16,30H,12-15,17H2,(H,26,29). The van der Waals surface area contributed by atoms with Crippen molar-refractivity contribution in [3.8, 4) is 0 Å². The predicted molar refractivity (Wildman–Crippen MR) is 114 cm³/mol. The van der Waals surface area contributed by atoms with Gasteiger partial charge in [0.05, 0.1) is 6.42 Å². The maximum atomic E-state index is 12.8. The largest absolute Gasteiger partial charge is 0.338 e. The molecule has 3 aromatic carbocycles. The molecule has 0 saturated heterocycles. The molecule has 5 heteroatoms. The number of carbonyl (C=O) groups excluding carboxylic acids is 2. The van der Waals surface area contributed by atoms with E-state index in [4.69, 9.17) is 5.21 Å². The maximum Gasteiger partial charge on any atom is 0.274 e. The second-order valence-corrected chi connectivity index (χ2v) is 7.65. The summed E-state index contributed by atoms with van der Waals surface area (Å²) in [5, 5.41) is 8.79. The summed E-state index contributed by atoms with van der Waals surface area (Å²) >= 11 is 0. The molecule has 1 aliphatic heterocycles. The lowest BCUT2D eigenvalue weighted by Crippen LogP contribution is -2.37. The Hall–Kier alpha value is -3.44. The van der Waals surface area contributed by atoms with Crippen LogP contribution in [0.3, 0.4) is 0 Å². The molecule has 0 spiro atoms. The van der Waals surface area contributed by atoms with E-state index < -0.39 is 5.91 Å². The second kappa shape index (κ2) is 8.93. The quantitative estimate of drug-likeness (QED) is 0.509. The van der Waals surface area contributed by atoms with Crippen molar-refractivity contribution < 1.29 is 14.8 Å². The van der Waals surface area contributed by atoms with E-state index in [1.165, 1.54) is 11.1 Å². The summed E-state index contributed by atoms with van der Waals surface area (Å²) in [5.41, 5.74) is 7.68. The molecule has 0 aliphatic carbocycles. The number of amides is 2. The van der Waals surface area contributed by atoms with Crippen molar-refractivity contribution in [1.82, 2.24) is 10.4 Å². The van der Waals surface area contributed by atoms with Crippen molar-refractivity contribution in [2.45, 2.75) is 25.8 Å². The van der Waals surface area contributed by atoms with Crippen LogP contribution in [0, 0.1) is 0 Å². The summed E-state index contributed by atoms with van der Waals surface area (Å²) < 4.78 is 0. The maximum absolute atomic E-state index is 12.8. The molecule has 0 atom stereocenters. The zero-order valence-corrected chi connectivity index (χ0v) is 16.7. The Morgan fingerprint density at radius 1 is 0.867 bits per heavy atom. The summed E-state index contributed by atoms with van der Waals surface area (Å²) in [7, 11) is 0. The van der Waals surface area contributed by atoms with Gasteiger partial charge >= 0.3 is 0 Å². The molecule has 0 bridgehead atoms. The molecule has 152 valence electrons. The number of rotatable bonds is 5. The third-order valence-electron chi connectivity index (χ3n) is 5.56. The molecule has 0 unspecified atom stereocenters. The minimum Gasteiger partial charge on any atom is -0.338 e. The van der Waals surface area contributed by atoms with Gasteiger partial charge in [-0.2, -0.15) is 0 Å². The summed E-state index contributed by atoms with van der Waals surface area (Å²) in [6.07, 6.45) is 1.96. The van der Waals surface area contributed by atoms with Gasteiger partial charge in [-0.3, -0.25) is 14.8 Å². The van der Waals surface area contributed by atoms with Crippen molar-refractivity contribution in [1.29, 1.82) is 0 Å². The van der Waals surface area contributed by atoms with Gasteiger partial charge in [-0.1, -0.05) is 60.7 Å². The molecule has 2 N–H and O–H groups in total. The Morgan fingerprint density at radius 2 is 1.57 bits per heavy atom. The number of fused-ring (bicyclic) bond motifs is 1. The van der Waals surface area contributed by atoms with Crippen LogP contribution in [0.25, 0.3) is 0 Å². The smallest absolute Gasteiger partial charge is 0.274 e. The van der Waals surface area contributed by atoms with E-state index in [0.29, 0.717) is 31.5 Å². The molecule has 0 aromatic heterocycles. The molecule has 0 fully saturated rings. The molecule has 2 amide bonds. The highest BCUT2D eigenvalue weighted by Gasteiger charge is 2.21. The molecule has 30 heavy (non-hydrogen) atoms. The first-order chi connectivity index (χ1) is 14.6. The summed E-state index contributed by atoms with van der Waals surface area (Å²) in [5.74, 6) is -0.416. The van der Waals surface area contributed by atoms with E-state index in [1.807, 2.05) is 41.3 Å². The Bertz CT molecular complexity index is 1050. The van der Waals surface area contributed by atoms with Gasteiger partial charge in [-0.05, 0) is 52.8 Å². The zero-order chi connectivity index (χ0) is 20.9. The number of hydrogen-bond donors (Lipinski definition) is 2. The Balaban J connectivity index is 1.37. The predicted octanol–water partition coefficient (Wildman–Crippen LogP) is 3.52. The average Bonchev–Trinajstić information content (AvgIpc) is 2.79. The van der Waals surface area contributed by atoms with Gasteiger partial charge in [0.25, 0.3) is 5.91 Å². The van der Waals surface area contributed by atoms with Gasteiger partial charge in [0.15, 0.2) is 0 Å². The van der Waals surface area contributed by atoms with Gasteiger partial charge in [-0.25, -0.2) is 5.48 Å². The highest BCUT2D eigenvalue weighted by molar-refractivity contribution is 5.93. The molecule has 1 heterocycles. The lowest BCUT2D eigenvalue weighted by atomic mass is 9.96. The fraction of sp³-hybridized carbons (Fsp3) is 0.200. The summed E-state index contributed by atoms with van der Waals surface area (Å²) in [6, 6.07) is 23.9. The van der Waals surface area contributed by atoms with E-state index in [2.05, 4.69) is 24.3 Å². The normalized spacial score (nSPS) is 12.9. The van der Waals surface area contributed by atoms with Crippen molar-refractivity contribution in [2.75, 3.05) is 6.54 Å². The first kappa shape index (κ1) is 19.9. The second-order valence-electron chi connectivity index (χ2n) is 7.65. The van der Waals surface area contributed by atoms with Gasteiger partial charge in [-0.15, -0.1) is 0 Å². The highest BCUT2D eigenvalue weighted by atomic mass is 16.5. The Kier molecular flexibility index (Phi) is 5.91. The van der Waals surface area contributed by atoms with Crippen LogP contribution in [0.15, 0.2) is 72.8 Å². The van der Waals surface area contributed by atoms with E-state index in [-0.39, 0.29) is 5.91 Å². The molecule has 4 rings (SSSR count). The monoisotopic (exact) mass is 400 g/mol. The number of hydrogen-bond acceptors (Lipinski definition) is 3. The van der Waals surface area contributed by atoms with E-state index >= 15 is 0 Å². The Morgan fingerprint density at radius 3 is 2.30 bits per heavy atom. The van der Waals surface area contributed by atoms with Gasteiger partial charge in [0.1, 0.15) is 0 Å². The van der Waals surface area contributed by atoms with E-state index in [9.17, 15) is 9.59 Å². The minimum absolute atomic E-state index is 0.105. The zero-order valence-electron chi connectivity index (χ0n) is 16.7. The number of nitrogens with zero attached hydrogens (tertiary/aromatic N) is 1. The van der Waals surface area contributed by atoms with Crippen LogP contribution < -0.4 is 5.48 Å². The third-order valence-corrected chi connectivity index (χ3v) is 5.56. The van der Waals surface area contributed by atoms with E-state index in [0.717, 1.165) is 23.1 Å². The number of carbonyl (C=O) groups is 2. The first-order valence-electron chi connectivity index (χ1n) is 10.1. The van der Waals surface area contributed by atoms with Crippen LogP contribution >= 0.6 is 0 Å². The fourth-order valence-electron chi connectivity index (χ4n) is 3.86. The Labute approximate surface area is 175 Å². The molecule has 0 radical (unpaired) electrons. The molecule has 5 nitrogen and oxygen atoms in total. The molecule has 0 saturated carbocycles. The minimum atomic E-state index is -0.521. The highest BCUT2D eigenvalue weighted by Crippen LogP contribution is 2.21. The number of hydroxylamine groups is 1. The van der Waals surface area contributed by atoms with Crippen LogP contribution in [0.1, 0.15) is 38.2 Å². The van der Waals surface area contributed by atoms with Crippen molar-refractivity contribution in [3.63, 3.8) is 0 Å². The topological polar surface area (TPSA) is 69.6 Å². The fourth-order valence-corrected chi connectivity index (χ4v) is 3.86. The molecule has 1 aliphatic rings. The van der Waals surface area contributed by atoms with Crippen molar-refractivity contribution in [2.24, 2.45) is 0 Å². The van der Waals surface area contributed by atoms with Gasteiger partial charge in [0, 0.05) is 18.7 Å². The molecular weight excluding hydrogens is 376 g/mol. The van der Waals surface area contributed by atoms with Crippen LogP contribution in [0.5, 0.6) is 0 Å². The van der Waals surface area contributed by atoms with Crippen molar-refractivity contribution >= 4 is 11.8 Å². The summed E-state index contributed by atoms with van der Waals surface area (Å²) in [6.45, 7) is 1.17. The lowest BCUT2D eigenvalue weighted by molar-refractivity contribution is -0.131. The number of nitrogens with one attached hydrogen (secondary N) is 1. The van der Waals surface area contributed by atoms with Crippen LogP contribution in [-0.4, -0.2) is 28.5 Å². The van der Waals surface area contributed by atoms with E-state index in [1.54, 1.807) is 17.6 Å². The number of benzene rings is 3. The SMILES string of the molecule is O=C(NO)c1ccc2c(c1)CCN(C(=O)Cc1ccc(Cc3ccccc3)cc1)C2. The average molecular weight is 400 g/mol.